The average Bonchev–Trinajstić information content (AvgIpc) is 2.52. The van der Waals surface area contributed by atoms with Gasteiger partial charge >= 0.3 is 0 Å². The minimum absolute atomic E-state index is 0.182. The van der Waals surface area contributed by atoms with E-state index in [2.05, 4.69) is 27.7 Å². The van der Waals surface area contributed by atoms with Crippen LogP contribution in [-0.2, 0) is 9.59 Å². The number of nitrogens with zero attached hydrogens (tertiary/aromatic N) is 1. The molecular weight excluding hydrogens is 266 g/mol. The minimum Gasteiger partial charge on any atom is -0.374 e. The van der Waals surface area contributed by atoms with Gasteiger partial charge in [-0.1, -0.05) is 0 Å². The lowest BCUT2D eigenvalue weighted by atomic mass is 10.1. The first-order chi connectivity index (χ1) is 10.2. The molecule has 3 rings (SSSR count). The van der Waals surface area contributed by atoms with Gasteiger partial charge < -0.3 is 10.2 Å². The van der Waals surface area contributed by atoms with E-state index in [1.807, 2.05) is 12.1 Å². The van der Waals surface area contributed by atoms with Crippen molar-refractivity contribution in [3.8, 4) is 0 Å². The molecule has 1 aromatic rings. The van der Waals surface area contributed by atoms with Gasteiger partial charge in [0.1, 0.15) is 6.04 Å². The number of anilines is 2. The highest BCUT2D eigenvalue weighted by Crippen LogP contribution is 2.22. The summed E-state index contributed by atoms with van der Waals surface area (Å²) in [5, 5.41) is 5.56. The second-order valence-corrected chi connectivity index (χ2v) is 5.74. The van der Waals surface area contributed by atoms with Crippen LogP contribution in [0.1, 0.15) is 32.1 Å². The number of imide groups is 1. The first-order valence-electron chi connectivity index (χ1n) is 7.67. The quantitative estimate of drug-likeness (QED) is 0.834. The molecule has 2 heterocycles. The number of benzene rings is 1. The Kier molecular flexibility index (Phi) is 4.08. The van der Waals surface area contributed by atoms with E-state index < -0.39 is 0 Å². The van der Waals surface area contributed by atoms with E-state index in [0.29, 0.717) is 12.8 Å². The van der Waals surface area contributed by atoms with E-state index in [-0.39, 0.29) is 17.9 Å². The van der Waals surface area contributed by atoms with Crippen molar-refractivity contribution in [2.75, 3.05) is 23.3 Å². The Morgan fingerprint density at radius 3 is 2.43 bits per heavy atom. The molecule has 2 amide bonds. The van der Waals surface area contributed by atoms with Gasteiger partial charge in [0.25, 0.3) is 0 Å². The molecule has 5 nitrogen and oxygen atoms in total. The zero-order valence-corrected chi connectivity index (χ0v) is 12.1. The average molecular weight is 287 g/mol. The monoisotopic (exact) mass is 287 g/mol. The molecule has 1 aromatic carbocycles. The fraction of sp³-hybridized carbons (Fsp3) is 0.500. The van der Waals surface area contributed by atoms with Crippen molar-refractivity contribution >= 4 is 23.2 Å². The lowest BCUT2D eigenvalue weighted by Gasteiger charge is -2.29. The van der Waals surface area contributed by atoms with E-state index in [4.69, 9.17) is 0 Å². The zero-order chi connectivity index (χ0) is 14.7. The molecular formula is C16H21N3O2. The Hall–Kier alpha value is -2.04. The number of rotatable bonds is 3. The number of carbonyl (C=O) groups excluding carboxylic acids is 2. The van der Waals surface area contributed by atoms with E-state index >= 15 is 0 Å². The van der Waals surface area contributed by atoms with Crippen LogP contribution in [0.15, 0.2) is 24.3 Å². The molecule has 0 aliphatic carbocycles. The minimum atomic E-state index is -0.316. The molecule has 0 spiro atoms. The molecule has 2 aliphatic rings. The van der Waals surface area contributed by atoms with Gasteiger partial charge in [-0.3, -0.25) is 14.9 Å². The zero-order valence-electron chi connectivity index (χ0n) is 12.1. The van der Waals surface area contributed by atoms with Gasteiger partial charge in [-0.25, -0.2) is 0 Å². The first kappa shape index (κ1) is 13.9. The van der Waals surface area contributed by atoms with Crippen LogP contribution >= 0.6 is 0 Å². The Morgan fingerprint density at radius 2 is 1.76 bits per heavy atom. The normalized spacial score (nSPS) is 22.9. The Balaban J connectivity index is 1.61. The summed E-state index contributed by atoms with van der Waals surface area (Å²) in [5.74, 6) is -0.412. The second-order valence-electron chi connectivity index (χ2n) is 5.74. The molecule has 112 valence electrons. The molecule has 2 fully saturated rings. The third kappa shape index (κ3) is 3.35. The first-order valence-corrected chi connectivity index (χ1v) is 7.67. The standard InChI is InChI=1S/C16H21N3O2/c20-15-9-8-14(16(21)18-15)17-12-4-6-13(7-5-12)19-10-2-1-3-11-19/h4-7,14,17H,1-3,8-11H2,(H,18,20,21). The number of piperidine rings is 2. The maximum absolute atomic E-state index is 11.7. The molecule has 0 radical (unpaired) electrons. The summed E-state index contributed by atoms with van der Waals surface area (Å²) in [6.45, 7) is 2.25. The highest BCUT2D eigenvalue weighted by molar-refractivity contribution is 6.01. The molecule has 5 heteroatoms. The predicted molar refractivity (Wildman–Crippen MR) is 82.3 cm³/mol. The lowest BCUT2D eigenvalue weighted by molar-refractivity contribution is -0.133. The maximum Gasteiger partial charge on any atom is 0.249 e. The predicted octanol–water partition coefficient (Wildman–Crippen LogP) is 1.89. The molecule has 0 bridgehead atoms. The van der Waals surface area contributed by atoms with E-state index in [0.717, 1.165) is 18.8 Å². The van der Waals surface area contributed by atoms with E-state index in [1.54, 1.807) is 0 Å². The van der Waals surface area contributed by atoms with Crippen LogP contribution in [0, 0.1) is 0 Å². The van der Waals surface area contributed by atoms with Gasteiger partial charge in [0.2, 0.25) is 11.8 Å². The third-order valence-electron chi connectivity index (χ3n) is 4.17. The Morgan fingerprint density at radius 1 is 1.05 bits per heavy atom. The number of nitrogens with one attached hydrogen (secondary N) is 2. The summed E-state index contributed by atoms with van der Waals surface area (Å²) in [7, 11) is 0. The highest BCUT2D eigenvalue weighted by Gasteiger charge is 2.26. The second kappa shape index (κ2) is 6.16. The van der Waals surface area contributed by atoms with Gasteiger partial charge in [-0.05, 0) is 49.9 Å². The lowest BCUT2D eigenvalue weighted by Crippen LogP contribution is -2.47. The van der Waals surface area contributed by atoms with Crippen molar-refractivity contribution in [3.05, 3.63) is 24.3 Å². The van der Waals surface area contributed by atoms with Crippen molar-refractivity contribution in [2.24, 2.45) is 0 Å². The topological polar surface area (TPSA) is 61.4 Å². The number of amides is 2. The molecule has 21 heavy (non-hydrogen) atoms. The van der Waals surface area contributed by atoms with Gasteiger partial charge in [0.15, 0.2) is 0 Å². The number of carbonyl (C=O) groups is 2. The van der Waals surface area contributed by atoms with Gasteiger partial charge in [0, 0.05) is 30.9 Å². The SMILES string of the molecule is O=C1CCC(Nc2ccc(N3CCCCC3)cc2)C(=O)N1. The van der Waals surface area contributed by atoms with Crippen LogP contribution in [0.3, 0.4) is 0 Å². The molecule has 2 N–H and O–H groups in total. The largest absolute Gasteiger partial charge is 0.374 e. The molecule has 2 saturated heterocycles. The fourth-order valence-corrected chi connectivity index (χ4v) is 2.95. The summed E-state index contributed by atoms with van der Waals surface area (Å²) in [6, 6.07) is 7.89. The summed E-state index contributed by atoms with van der Waals surface area (Å²) in [6.07, 6.45) is 4.80. The number of hydrogen-bond donors (Lipinski definition) is 2. The smallest absolute Gasteiger partial charge is 0.249 e. The van der Waals surface area contributed by atoms with E-state index in [9.17, 15) is 9.59 Å². The molecule has 0 saturated carbocycles. The van der Waals surface area contributed by atoms with Crippen LogP contribution in [0.5, 0.6) is 0 Å². The molecule has 0 aromatic heterocycles. The van der Waals surface area contributed by atoms with Crippen molar-refractivity contribution in [3.63, 3.8) is 0 Å². The Labute approximate surface area is 124 Å². The van der Waals surface area contributed by atoms with Crippen LogP contribution in [0.25, 0.3) is 0 Å². The van der Waals surface area contributed by atoms with Crippen molar-refractivity contribution < 1.29 is 9.59 Å². The summed E-state index contributed by atoms with van der Waals surface area (Å²) < 4.78 is 0. The van der Waals surface area contributed by atoms with Gasteiger partial charge in [-0.2, -0.15) is 0 Å². The molecule has 2 aliphatic heterocycles. The molecule has 1 atom stereocenters. The van der Waals surface area contributed by atoms with Gasteiger partial charge in [0.05, 0.1) is 0 Å². The maximum atomic E-state index is 11.7. The summed E-state index contributed by atoms with van der Waals surface area (Å²) in [4.78, 5) is 25.2. The highest BCUT2D eigenvalue weighted by atomic mass is 16.2. The number of hydrogen-bond acceptors (Lipinski definition) is 4. The van der Waals surface area contributed by atoms with Crippen LogP contribution in [0.2, 0.25) is 0 Å². The van der Waals surface area contributed by atoms with Crippen molar-refractivity contribution in [2.45, 2.75) is 38.1 Å². The summed E-state index contributed by atoms with van der Waals surface area (Å²) >= 11 is 0. The fourth-order valence-electron chi connectivity index (χ4n) is 2.95. The van der Waals surface area contributed by atoms with Crippen LogP contribution in [-0.4, -0.2) is 30.9 Å². The van der Waals surface area contributed by atoms with Crippen molar-refractivity contribution in [1.82, 2.24) is 5.32 Å². The summed E-state index contributed by atoms with van der Waals surface area (Å²) in [5.41, 5.74) is 2.16. The van der Waals surface area contributed by atoms with Crippen LogP contribution in [0.4, 0.5) is 11.4 Å². The molecule has 1 unspecified atom stereocenters. The van der Waals surface area contributed by atoms with Crippen LogP contribution < -0.4 is 15.5 Å². The van der Waals surface area contributed by atoms with Crippen molar-refractivity contribution in [1.29, 1.82) is 0 Å². The van der Waals surface area contributed by atoms with E-state index in [1.165, 1.54) is 24.9 Å². The Bertz CT molecular complexity index is 521. The van der Waals surface area contributed by atoms with Gasteiger partial charge in [-0.15, -0.1) is 0 Å². The third-order valence-corrected chi connectivity index (χ3v) is 4.17.